The van der Waals surface area contributed by atoms with E-state index >= 15 is 0 Å². The van der Waals surface area contributed by atoms with Crippen LogP contribution in [0.2, 0.25) is 0 Å². The van der Waals surface area contributed by atoms with Gasteiger partial charge < -0.3 is 10.2 Å². The Labute approximate surface area is 248 Å². The third-order valence-electron chi connectivity index (χ3n) is 6.95. The molecule has 0 fully saturated rings. The first-order valence-electron chi connectivity index (χ1n) is 14.1. The maximum Gasteiger partial charge on any atom is 0.264 e. The minimum atomic E-state index is -4.10. The van der Waals surface area contributed by atoms with Crippen molar-refractivity contribution >= 4 is 27.5 Å². The van der Waals surface area contributed by atoms with Crippen LogP contribution in [-0.2, 0) is 32.6 Å². The lowest BCUT2D eigenvalue weighted by atomic mass is 10.0. The van der Waals surface area contributed by atoms with Crippen LogP contribution in [0.4, 0.5) is 5.69 Å². The topological polar surface area (TPSA) is 86.8 Å². The molecule has 7 nitrogen and oxygen atoms in total. The highest BCUT2D eigenvalue weighted by Gasteiger charge is 2.34. The molecule has 0 aliphatic heterocycles. The fraction of sp³-hybridized carbons (Fsp3) is 0.235. The highest BCUT2D eigenvalue weighted by atomic mass is 32.2. The lowest BCUT2D eigenvalue weighted by molar-refractivity contribution is -0.140. The fourth-order valence-electron chi connectivity index (χ4n) is 4.66. The molecule has 4 rings (SSSR count). The summed E-state index contributed by atoms with van der Waals surface area (Å²) in [6, 6.07) is 33.2. The molecule has 1 N–H and O–H groups in total. The number of hydrogen-bond donors (Lipinski definition) is 1. The van der Waals surface area contributed by atoms with Crippen LogP contribution < -0.4 is 9.62 Å². The van der Waals surface area contributed by atoms with Crippen molar-refractivity contribution in [2.24, 2.45) is 0 Å². The van der Waals surface area contributed by atoms with Crippen LogP contribution in [0.15, 0.2) is 120 Å². The summed E-state index contributed by atoms with van der Waals surface area (Å²) in [5.74, 6) is -0.760. The second kappa shape index (κ2) is 14.5. The first-order valence-corrected chi connectivity index (χ1v) is 15.5. The third-order valence-corrected chi connectivity index (χ3v) is 8.74. The Morgan fingerprint density at radius 3 is 1.88 bits per heavy atom. The van der Waals surface area contributed by atoms with Gasteiger partial charge in [-0.1, -0.05) is 103 Å². The van der Waals surface area contributed by atoms with Gasteiger partial charge in [-0.3, -0.25) is 13.9 Å². The van der Waals surface area contributed by atoms with Crippen LogP contribution in [-0.4, -0.2) is 44.3 Å². The van der Waals surface area contributed by atoms with E-state index < -0.39 is 28.5 Å². The summed E-state index contributed by atoms with van der Waals surface area (Å²) in [5, 5.41) is 2.96. The zero-order chi connectivity index (χ0) is 30.0. The molecule has 0 radical (unpaired) electrons. The Morgan fingerprint density at radius 2 is 1.31 bits per heavy atom. The Hall–Kier alpha value is -4.43. The summed E-state index contributed by atoms with van der Waals surface area (Å²) in [7, 11) is -4.10. The zero-order valence-corrected chi connectivity index (χ0v) is 24.8. The number of sulfonamides is 1. The number of benzene rings is 4. The van der Waals surface area contributed by atoms with E-state index in [-0.39, 0.29) is 23.8 Å². The number of nitrogens with one attached hydrogen (secondary N) is 1. The van der Waals surface area contributed by atoms with Crippen LogP contribution in [0.5, 0.6) is 0 Å². The molecular formula is C34H37N3O4S. The molecule has 4 aromatic carbocycles. The van der Waals surface area contributed by atoms with Gasteiger partial charge in [0.15, 0.2) is 0 Å². The van der Waals surface area contributed by atoms with E-state index in [0.29, 0.717) is 12.2 Å². The van der Waals surface area contributed by atoms with Gasteiger partial charge in [-0.15, -0.1) is 0 Å². The van der Waals surface area contributed by atoms with Crippen molar-refractivity contribution in [3.63, 3.8) is 0 Å². The van der Waals surface area contributed by atoms with Gasteiger partial charge in [0, 0.05) is 19.5 Å². The minimum Gasteiger partial charge on any atom is -0.354 e. The summed E-state index contributed by atoms with van der Waals surface area (Å²) in [6.07, 6.45) is 1.03. The van der Waals surface area contributed by atoms with E-state index in [1.54, 1.807) is 30.3 Å². The van der Waals surface area contributed by atoms with E-state index in [0.717, 1.165) is 27.4 Å². The SMILES string of the molecule is CCCNC(=O)[C@H](Cc1ccccc1)N(Cc1ccccc1)C(=O)CN(c1ccc(C)cc1)S(=O)(=O)c1ccccc1. The molecule has 42 heavy (non-hydrogen) atoms. The smallest absolute Gasteiger partial charge is 0.264 e. The molecule has 0 aromatic heterocycles. The average molecular weight is 584 g/mol. The zero-order valence-electron chi connectivity index (χ0n) is 24.0. The molecule has 0 saturated carbocycles. The fourth-order valence-corrected chi connectivity index (χ4v) is 6.09. The number of hydrogen-bond acceptors (Lipinski definition) is 4. The summed E-state index contributed by atoms with van der Waals surface area (Å²) in [4.78, 5) is 29.5. The molecule has 0 aliphatic carbocycles. The summed E-state index contributed by atoms with van der Waals surface area (Å²) >= 11 is 0. The molecule has 1 atom stereocenters. The first-order chi connectivity index (χ1) is 20.3. The molecule has 0 heterocycles. The van der Waals surface area contributed by atoms with Crippen LogP contribution in [0.1, 0.15) is 30.0 Å². The number of rotatable bonds is 13. The Bertz CT molecular complexity index is 1550. The molecule has 0 bridgehead atoms. The molecule has 2 amide bonds. The maximum absolute atomic E-state index is 14.3. The van der Waals surface area contributed by atoms with E-state index in [1.807, 2.05) is 86.6 Å². The molecule has 0 saturated heterocycles. The van der Waals surface area contributed by atoms with E-state index in [9.17, 15) is 18.0 Å². The Kier molecular flexibility index (Phi) is 10.5. The van der Waals surface area contributed by atoms with Crippen molar-refractivity contribution in [1.29, 1.82) is 0 Å². The molecular weight excluding hydrogens is 546 g/mol. The van der Waals surface area contributed by atoms with Crippen molar-refractivity contribution < 1.29 is 18.0 Å². The molecule has 218 valence electrons. The van der Waals surface area contributed by atoms with Crippen molar-refractivity contribution in [2.45, 2.75) is 44.2 Å². The van der Waals surface area contributed by atoms with Gasteiger partial charge in [0.05, 0.1) is 10.6 Å². The second-order valence-corrected chi connectivity index (χ2v) is 12.0. The van der Waals surface area contributed by atoms with Crippen molar-refractivity contribution in [3.8, 4) is 0 Å². The average Bonchev–Trinajstić information content (AvgIpc) is 3.02. The van der Waals surface area contributed by atoms with Gasteiger partial charge in [-0.25, -0.2) is 8.42 Å². The predicted molar refractivity (Wildman–Crippen MR) is 166 cm³/mol. The van der Waals surface area contributed by atoms with Crippen molar-refractivity contribution in [1.82, 2.24) is 10.2 Å². The van der Waals surface area contributed by atoms with Gasteiger partial charge in [0.1, 0.15) is 12.6 Å². The summed E-state index contributed by atoms with van der Waals surface area (Å²) in [5.41, 5.74) is 3.06. The van der Waals surface area contributed by atoms with Crippen molar-refractivity contribution in [2.75, 3.05) is 17.4 Å². The standard InChI is InChI=1S/C34H37N3O4S/c1-3-23-35-34(39)32(24-28-13-7-4-8-14-28)36(25-29-15-9-5-10-16-29)33(38)26-37(30-21-19-27(2)20-22-30)42(40,41)31-17-11-6-12-18-31/h4-22,32H,3,23-26H2,1-2H3,(H,35,39)/t32-/m0/s1. The molecule has 4 aromatic rings. The number of anilines is 1. The molecule has 0 aliphatic rings. The number of carbonyl (C=O) groups excluding carboxylic acids is 2. The number of nitrogens with zero attached hydrogens (tertiary/aromatic N) is 2. The number of aryl methyl sites for hydroxylation is 1. The van der Waals surface area contributed by atoms with E-state index in [1.165, 1.54) is 17.0 Å². The predicted octanol–water partition coefficient (Wildman–Crippen LogP) is 5.36. The monoisotopic (exact) mass is 583 g/mol. The van der Waals surface area contributed by atoms with Gasteiger partial charge in [-0.05, 0) is 48.7 Å². The minimum absolute atomic E-state index is 0.0782. The molecule has 0 unspecified atom stereocenters. The Balaban J connectivity index is 1.77. The van der Waals surface area contributed by atoms with Gasteiger partial charge in [-0.2, -0.15) is 0 Å². The van der Waals surface area contributed by atoms with Crippen LogP contribution in [0.25, 0.3) is 0 Å². The van der Waals surface area contributed by atoms with Gasteiger partial charge in [0.2, 0.25) is 11.8 Å². The summed E-state index contributed by atoms with van der Waals surface area (Å²) in [6.45, 7) is 4.02. The molecule has 0 spiro atoms. The lowest BCUT2D eigenvalue weighted by Gasteiger charge is -2.34. The highest BCUT2D eigenvalue weighted by Crippen LogP contribution is 2.25. The van der Waals surface area contributed by atoms with Crippen LogP contribution >= 0.6 is 0 Å². The summed E-state index contributed by atoms with van der Waals surface area (Å²) < 4.78 is 29.0. The lowest BCUT2D eigenvalue weighted by Crippen LogP contribution is -2.53. The largest absolute Gasteiger partial charge is 0.354 e. The molecule has 8 heteroatoms. The van der Waals surface area contributed by atoms with Crippen LogP contribution in [0, 0.1) is 6.92 Å². The van der Waals surface area contributed by atoms with E-state index in [4.69, 9.17) is 0 Å². The highest BCUT2D eigenvalue weighted by molar-refractivity contribution is 7.92. The van der Waals surface area contributed by atoms with Crippen LogP contribution in [0.3, 0.4) is 0 Å². The second-order valence-electron chi connectivity index (χ2n) is 10.2. The van der Waals surface area contributed by atoms with Gasteiger partial charge >= 0.3 is 0 Å². The maximum atomic E-state index is 14.3. The number of amides is 2. The van der Waals surface area contributed by atoms with Crippen molar-refractivity contribution in [3.05, 3.63) is 132 Å². The third kappa shape index (κ3) is 7.85. The quantitative estimate of drug-likeness (QED) is 0.230. The van der Waals surface area contributed by atoms with E-state index in [2.05, 4.69) is 5.32 Å². The first kappa shape index (κ1) is 30.5. The van der Waals surface area contributed by atoms with Gasteiger partial charge in [0.25, 0.3) is 10.0 Å². The number of carbonyl (C=O) groups is 2. The Morgan fingerprint density at radius 1 is 0.762 bits per heavy atom. The normalized spacial score (nSPS) is 11.9.